The number of carbonyl (C=O) groups is 2. The summed E-state index contributed by atoms with van der Waals surface area (Å²) in [5.41, 5.74) is 0. The normalized spacial score (nSPS) is 16.0. The van der Waals surface area contributed by atoms with Gasteiger partial charge in [0.25, 0.3) is 5.91 Å². The lowest BCUT2D eigenvalue weighted by atomic mass is 10.2. The Labute approximate surface area is 163 Å². The molecule has 0 bridgehead atoms. The van der Waals surface area contributed by atoms with Gasteiger partial charge >= 0.3 is 0 Å². The molecule has 2 amide bonds. The average molecular weight is 397 g/mol. The molecular formula is C18H24N2O2S3. The van der Waals surface area contributed by atoms with Gasteiger partial charge in [-0.15, -0.1) is 11.3 Å². The van der Waals surface area contributed by atoms with Crippen molar-refractivity contribution in [3.8, 4) is 0 Å². The molecule has 2 rings (SSSR count). The maximum Gasteiger partial charge on any atom is 0.266 e. The van der Waals surface area contributed by atoms with Crippen LogP contribution in [0, 0.1) is 0 Å². The number of nitrogens with one attached hydrogen (secondary N) is 1. The van der Waals surface area contributed by atoms with Gasteiger partial charge in [0.1, 0.15) is 4.32 Å². The summed E-state index contributed by atoms with van der Waals surface area (Å²) >= 11 is 8.31. The van der Waals surface area contributed by atoms with E-state index in [1.54, 1.807) is 16.2 Å². The van der Waals surface area contributed by atoms with E-state index in [2.05, 4.69) is 12.2 Å². The Morgan fingerprint density at radius 2 is 2.16 bits per heavy atom. The fourth-order valence-electron chi connectivity index (χ4n) is 2.42. The third kappa shape index (κ3) is 6.56. The lowest BCUT2D eigenvalue weighted by Gasteiger charge is -2.14. The Morgan fingerprint density at radius 3 is 2.88 bits per heavy atom. The van der Waals surface area contributed by atoms with Gasteiger partial charge in [-0.05, 0) is 36.8 Å². The first-order valence-electron chi connectivity index (χ1n) is 8.67. The summed E-state index contributed by atoms with van der Waals surface area (Å²) in [6, 6.07) is 3.96. The molecule has 4 nitrogen and oxygen atoms in total. The van der Waals surface area contributed by atoms with Gasteiger partial charge in [0.15, 0.2) is 0 Å². The molecule has 0 aliphatic carbocycles. The minimum atomic E-state index is 0.000656. The van der Waals surface area contributed by atoms with Gasteiger partial charge in [-0.25, -0.2) is 0 Å². The summed E-state index contributed by atoms with van der Waals surface area (Å²) < 4.78 is 0.630. The zero-order valence-electron chi connectivity index (χ0n) is 14.5. The van der Waals surface area contributed by atoms with Crippen molar-refractivity contribution in [2.75, 3.05) is 13.1 Å². The van der Waals surface area contributed by atoms with Crippen LogP contribution in [0.5, 0.6) is 0 Å². The Kier molecular flexibility index (Phi) is 8.64. The average Bonchev–Trinajstić information content (AvgIpc) is 3.18. The molecule has 1 saturated heterocycles. The quantitative estimate of drug-likeness (QED) is 0.361. The van der Waals surface area contributed by atoms with Crippen LogP contribution in [-0.4, -0.2) is 34.1 Å². The topological polar surface area (TPSA) is 49.4 Å². The number of thioether (sulfide) groups is 1. The summed E-state index contributed by atoms with van der Waals surface area (Å²) in [4.78, 5) is 27.5. The summed E-state index contributed by atoms with van der Waals surface area (Å²) in [5.74, 6) is 0.124. The molecule has 7 heteroatoms. The van der Waals surface area contributed by atoms with Crippen LogP contribution >= 0.6 is 35.3 Å². The second-order valence-corrected chi connectivity index (χ2v) is 8.52. The van der Waals surface area contributed by atoms with E-state index in [4.69, 9.17) is 12.2 Å². The van der Waals surface area contributed by atoms with Crippen molar-refractivity contribution in [2.24, 2.45) is 0 Å². The zero-order chi connectivity index (χ0) is 18.1. The standard InChI is InChI=1S/C18H24N2O2S3/c1-2-3-10-19-16(21)9-5-4-6-11-20-17(22)15(25-18(20)23)13-14-8-7-12-24-14/h7-8,12-13H,2-6,9-11H2,1H3,(H,19,21). The summed E-state index contributed by atoms with van der Waals surface area (Å²) in [7, 11) is 0. The third-order valence-corrected chi connectivity index (χ3v) is 6.03. The van der Waals surface area contributed by atoms with Gasteiger partial charge in [0.2, 0.25) is 5.91 Å². The van der Waals surface area contributed by atoms with Crippen LogP contribution in [0.15, 0.2) is 22.4 Å². The van der Waals surface area contributed by atoms with Crippen LogP contribution in [0.25, 0.3) is 6.08 Å². The Balaban J connectivity index is 1.68. The van der Waals surface area contributed by atoms with Crippen LogP contribution < -0.4 is 5.32 Å². The summed E-state index contributed by atoms with van der Waals surface area (Å²) in [5, 5.41) is 4.91. The third-order valence-electron chi connectivity index (χ3n) is 3.83. The van der Waals surface area contributed by atoms with Crippen LogP contribution in [0.3, 0.4) is 0 Å². The lowest BCUT2D eigenvalue weighted by Crippen LogP contribution is -2.29. The maximum absolute atomic E-state index is 12.5. The van der Waals surface area contributed by atoms with Gasteiger partial charge in [-0.1, -0.05) is 49.8 Å². The highest BCUT2D eigenvalue weighted by Gasteiger charge is 2.31. The number of nitrogens with zero attached hydrogens (tertiary/aromatic N) is 1. The Bertz CT molecular complexity index is 626. The van der Waals surface area contributed by atoms with E-state index in [0.717, 1.165) is 43.5 Å². The molecule has 1 N–H and O–H groups in total. The molecule has 0 unspecified atom stereocenters. The van der Waals surface area contributed by atoms with Gasteiger partial charge in [0, 0.05) is 24.4 Å². The van der Waals surface area contributed by atoms with Gasteiger partial charge in [-0.3, -0.25) is 14.5 Å². The summed E-state index contributed by atoms with van der Waals surface area (Å²) in [6.07, 6.45) is 7.20. The molecule has 1 fully saturated rings. The van der Waals surface area contributed by atoms with E-state index in [0.29, 0.717) is 22.2 Å². The van der Waals surface area contributed by atoms with Gasteiger partial charge in [-0.2, -0.15) is 0 Å². The van der Waals surface area contributed by atoms with Gasteiger partial charge < -0.3 is 5.32 Å². The van der Waals surface area contributed by atoms with Crippen LogP contribution in [0.1, 0.15) is 50.3 Å². The fourth-order valence-corrected chi connectivity index (χ4v) is 4.45. The number of amides is 2. The first-order valence-corrected chi connectivity index (χ1v) is 10.8. The molecule has 0 radical (unpaired) electrons. The number of hydrogen-bond donors (Lipinski definition) is 1. The SMILES string of the molecule is CCCCNC(=O)CCCCCN1C(=O)C(=Cc2cccs2)SC1=S. The number of carbonyl (C=O) groups excluding carboxylic acids is 2. The first-order chi connectivity index (χ1) is 12.1. The molecule has 0 saturated carbocycles. The second-order valence-electron chi connectivity index (χ2n) is 5.86. The molecule has 0 spiro atoms. The predicted molar refractivity (Wildman–Crippen MR) is 111 cm³/mol. The molecule has 25 heavy (non-hydrogen) atoms. The van der Waals surface area contributed by atoms with E-state index in [1.807, 2.05) is 23.6 Å². The highest BCUT2D eigenvalue weighted by Crippen LogP contribution is 2.33. The monoisotopic (exact) mass is 396 g/mol. The number of hydrogen-bond acceptors (Lipinski definition) is 5. The molecule has 2 heterocycles. The molecule has 1 aromatic rings. The number of thiocarbonyl (C=S) groups is 1. The van der Waals surface area contributed by atoms with Crippen molar-refractivity contribution in [1.82, 2.24) is 10.2 Å². The highest BCUT2D eigenvalue weighted by molar-refractivity contribution is 8.26. The molecule has 1 aromatic heterocycles. The van der Waals surface area contributed by atoms with Crippen molar-refractivity contribution in [3.63, 3.8) is 0 Å². The van der Waals surface area contributed by atoms with Crippen LogP contribution in [0.2, 0.25) is 0 Å². The van der Waals surface area contributed by atoms with Crippen LogP contribution in [0.4, 0.5) is 0 Å². The smallest absolute Gasteiger partial charge is 0.266 e. The van der Waals surface area contributed by atoms with E-state index in [9.17, 15) is 9.59 Å². The molecule has 1 aliphatic heterocycles. The molecule has 1 aliphatic rings. The van der Waals surface area contributed by atoms with E-state index < -0.39 is 0 Å². The lowest BCUT2D eigenvalue weighted by molar-refractivity contribution is -0.122. The molecule has 0 atom stereocenters. The van der Waals surface area contributed by atoms with E-state index >= 15 is 0 Å². The predicted octanol–water partition coefficient (Wildman–Crippen LogP) is 4.43. The summed E-state index contributed by atoms with van der Waals surface area (Å²) in [6.45, 7) is 3.50. The van der Waals surface area contributed by atoms with Crippen molar-refractivity contribution < 1.29 is 9.59 Å². The second kappa shape index (κ2) is 10.7. The first kappa shape index (κ1) is 20.1. The van der Waals surface area contributed by atoms with E-state index in [1.165, 1.54) is 11.8 Å². The number of rotatable bonds is 10. The van der Waals surface area contributed by atoms with Crippen LogP contribution in [-0.2, 0) is 9.59 Å². The molecule has 136 valence electrons. The number of thiophene rings is 1. The molecular weight excluding hydrogens is 372 g/mol. The fraction of sp³-hybridized carbons (Fsp3) is 0.500. The van der Waals surface area contributed by atoms with Crippen molar-refractivity contribution in [2.45, 2.75) is 45.4 Å². The number of unbranched alkanes of at least 4 members (excludes halogenated alkanes) is 3. The Morgan fingerprint density at radius 1 is 1.32 bits per heavy atom. The zero-order valence-corrected chi connectivity index (χ0v) is 16.9. The maximum atomic E-state index is 12.5. The van der Waals surface area contributed by atoms with Crippen molar-refractivity contribution in [3.05, 3.63) is 27.3 Å². The van der Waals surface area contributed by atoms with Crippen molar-refractivity contribution in [1.29, 1.82) is 0 Å². The minimum absolute atomic E-state index is 0.000656. The van der Waals surface area contributed by atoms with Crippen molar-refractivity contribution >= 4 is 57.5 Å². The largest absolute Gasteiger partial charge is 0.356 e. The minimum Gasteiger partial charge on any atom is -0.356 e. The highest BCUT2D eigenvalue weighted by atomic mass is 32.2. The van der Waals surface area contributed by atoms with E-state index in [-0.39, 0.29) is 11.8 Å². The molecule has 0 aromatic carbocycles. The Hall–Kier alpha value is -1.18. The van der Waals surface area contributed by atoms with Gasteiger partial charge in [0.05, 0.1) is 4.91 Å².